The van der Waals surface area contributed by atoms with E-state index < -0.39 is 77.0 Å². The quantitative estimate of drug-likeness (QED) is 0.136. The number of fused-ring (bicyclic) bond motifs is 1. The first-order chi connectivity index (χ1) is 22.4. The third-order valence-electron chi connectivity index (χ3n) is 7.44. The van der Waals surface area contributed by atoms with Crippen molar-refractivity contribution < 1.29 is 61.0 Å². The number of rotatable bonds is 11. The van der Waals surface area contributed by atoms with E-state index in [1.807, 2.05) is 0 Å². The number of nitrogens with two attached hydrogens (primary N) is 2. The van der Waals surface area contributed by atoms with Crippen LogP contribution in [0.25, 0.3) is 11.2 Å². The molecule has 3 unspecified atom stereocenters. The molecule has 3 aromatic rings. The fraction of sp³-hybridized carbons (Fsp3) is 0.538. The largest absolute Gasteiger partial charge is 0.481 e. The number of aliphatic hydroxyl groups excluding tert-OH is 1. The Morgan fingerprint density at radius 2 is 1.83 bits per heavy atom. The summed E-state index contributed by atoms with van der Waals surface area (Å²) >= 11 is 0. The van der Waals surface area contributed by atoms with Gasteiger partial charge in [-0.1, -0.05) is 0 Å². The van der Waals surface area contributed by atoms with Crippen LogP contribution < -0.4 is 16.0 Å². The van der Waals surface area contributed by atoms with Gasteiger partial charge in [-0.05, 0) is 26.8 Å². The van der Waals surface area contributed by atoms with Crippen molar-refractivity contribution in [3.63, 3.8) is 0 Å². The Morgan fingerprint density at radius 1 is 1.12 bits per heavy atom. The lowest BCUT2D eigenvalue weighted by Gasteiger charge is -2.28. The normalized spacial score (nSPS) is 25.5. The summed E-state index contributed by atoms with van der Waals surface area (Å²) in [6.45, 7) is 3.90. The molecule has 262 valence electrons. The average molecular weight is 716 g/mol. The lowest BCUT2D eigenvalue weighted by molar-refractivity contribution is -0.719. The van der Waals surface area contributed by atoms with Crippen molar-refractivity contribution in [1.29, 1.82) is 0 Å². The van der Waals surface area contributed by atoms with Crippen LogP contribution in [-0.4, -0.2) is 94.9 Å². The van der Waals surface area contributed by atoms with Crippen LogP contribution in [0, 0.1) is 0 Å². The van der Waals surface area contributed by atoms with E-state index in [9.17, 15) is 33.6 Å². The smallest absolute Gasteiger partial charge is 0.444 e. The molecule has 22 heteroatoms. The van der Waals surface area contributed by atoms with Crippen molar-refractivity contribution in [3.05, 3.63) is 42.7 Å². The molecular formula is C26H37N8O12P2+. The van der Waals surface area contributed by atoms with Gasteiger partial charge in [-0.3, -0.25) is 23.3 Å². The van der Waals surface area contributed by atoms with Gasteiger partial charge < -0.3 is 35.8 Å². The minimum Gasteiger partial charge on any atom is -0.444 e. The van der Waals surface area contributed by atoms with Gasteiger partial charge in [0.2, 0.25) is 0 Å². The fourth-order valence-corrected chi connectivity index (χ4v) is 7.49. The molecule has 2 aliphatic rings. The Morgan fingerprint density at radius 3 is 2.52 bits per heavy atom. The number of ether oxygens (including phenoxy) is 2. The van der Waals surface area contributed by atoms with Crippen LogP contribution in [0.5, 0.6) is 0 Å². The molecular weight excluding hydrogens is 678 g/mol. The van der Waals surface area contributed by atoms with Crippen LogP contribution >= 0.6 is 15.6 Å². The number of aromatic nitrogens is 5. The summed E-state index contributed by atoms with van der Waals surface area (Å²) in [6, 6.07) is 1.88. The second-order valence-electron chi connectivity index (χ2n) is 12.2. The maximum Gasteiger partial charge on any atom is 0.481 e. The second-order valence-corrected chi connectivity index (χ2v) is 15.3. The summed E-state index contributed by atoms with van der Waals surface area (Å²) in [7, 11) is -10.5. The number of primary amides is 1. The SMILES string of the molecule is CC(C)(C)OC(=O)N1CC([n+]2cccc(C(N)=O)c2)C[C@H]1COP(=O)(O)OP(=O)(O)OC[C@@H]1C[C@@H](O)[C@H](n2cnc3c(N)ncnc32)O1. The predicted molar refractivity (Wildman–Crippen MR) is 162 cm³/mol. The van der Waals surface area contributed by atoms with Gasteiger partial charge in [0, 0.05) is 18.9 Å². The highest BCUT2D eigenvalue weighted by molar-refractivity contribution is 7.61. The lowest BCUT2D eigenvalue weighted by Crippen LogP contribution is -2.44. The van der Waals surface area contributed by atoms with Crippen LogP contribution in [0.3, 0.4) is 0 Å². The highest BCUT2D eigenvalue weighted by Crippen LogP contribution is 2.60. The van der Waals surface area contributed by atoms with Crippen LogP contribution in [0.4, 0.5) is 10.6 Å². The Kier molecular flexibility index (Phi) is 10.2. The number of anilines is 1. The second kappa shape index (κ2) is 13.7. The van der Waals surface area contributed by atoms with Gasteiger partial charge in [-0.25, -0.2) is 28.9 Å². The number of amides is 2. The number of imidazole rings is 1. The lowest BCUT2D eigenvalue weighted by atomic mass is 10.1. The first-order valence-electron chi connectivity index (χ1n) is 14.6. The summed E-state index contributed by atoms with van der Waals surface area (Å²) in [5, 5.41) is 10.6. The first kappa shape index (κ1) is 35.7. The average Bonchev–Trinajstić information content (AvgIpc) is 3.71. The molecule has 5 rings (SSSR count). The summed E-state index contributed by atoms with van der Waals surface area (Å²) in [5.74, 6) is -0.525. The monoisotopic (exact) mass is 715 g/mol. The number of carbonyl (C=O) groups excluding carboxylic acids is 2. The number of phosphoric ester groups is 2. The number of nitrogens with zero attached hydrogens (tertiary/aromatic N) is 6. The number of nitrogen functional groups attached to an aromatic ring is 1. The van der Waals surface area contributed by atoms with Gasteiger partial charge in [-0.2, -0.15) is 8.88 Å². The molecule has 3 aromatic heterocycles. The number of carbonyl (C=O) groups is 2. The Labute approximate surface area is 273 Å². The molecule has 0 aromatic carbocycles. The van der Waals surface area contributed by atoms with E-state index in [0.717, 1.165) is 0 Å². The Bertz CT molecular complexity index is 1770. The molecule has 2 amide bonds. The van der Waals surface area contributed by atoms with Gasteiger partial charge in [0.25, 0.3) is 5.91 Å². The van der Waals surface area contributed by atoms with Crippen molar-refractivity contribution in [2.45, 2.75) is 69.7 Å². The van der Waals surface area contributed by atoms with Gasteiger partial charge >= 0.3 is 21.7 Å². The molecule has 0 spiro atoms. The van der Waals surface area contributed by atoms with E-state index >= 15 is 0 Å². The van der Waals surface area contributed by atoms with Gasteiger partial charge in [0.05, 0.1) is 38.2 Å². The third kappa shape index (κ3) is 8.52. The number of pyridine rings is 1. The first-order valence-corrected chi connectivity index (χ1v) is 17.6. The summed E-state index contributed by atoms with van der Waals surface area (Å²) in [5.41, 5.74) is 11.2. The number of likely N-dealkylation sites (tertiary alicyclic amines) is 1. The zero-order valence-electron chi connectivity index (χ0n) is 26.1. The molecule has 7 N–H and O–H groups in total. The molecule has 0 radical (unpaired) electrons. The van der Waals surface area contributed by atoms with Crippen LogP contribution in [0.15, 0.2) is 37.2 Å². The van der Waals surface area contributed by atoms with Gasteiger partial charge in [0.1, 0.15) is 29.1 Å². The molecule has 20 nitrogen and oxygen atoms in total. The molecule has 2 saturated heterocycles. The topological polar surface area (TPSA) is 278 Å². The van der Waals surface area contributed by atoms with E-state index in [4.69, 9.17) is 30.0 Å². The van der Waals surface area contributed by atoms with Gasteiger partial charge in [0.15, 0.2) is 36.1 Å². The molecule has 5 heterocycles. The fourth-order valence-electron chi connectivity index (χ4n) is 5.35. The maximum absolute atomic E-state index is 13.0. The molecule has 2 aliphatic heterocycles. The van der Waals surface area contributed by atoms with E-state index in [-0.39, 0.29) is 30.8 Å². The third-order valence-corrected chi connectivity index (χ3v) is 10.0. The molecule has 0 saturated carbocycles. The predicted octanol–water partition coefficient (Wildman–Crippen LogP) is 0.945. The van der Waals surface area contributed by atoms with Crippen molar-refractivity contribution in [3.8, 4) is 0 Å². The van der Waals surface area contributed by atoms with Crippen molar-refractivity contribution in [2.24, 2.45) is 5.73 Å². The van der Waals surface area contributed by atoms with Gasteiger partial charge in [-0.15, -0.1) is 0 Å². The summed E-state index contributed by atoms with van der Waals surface area (Å²) < 4.78 is 54.2. The molecule has 2 fully saturated rings. The minimum atomic E-state index is -5.25. The standard InChI is InChI=1S/C26H36N8O12P2/c1-26(2,3)45-25(37)33-10-16(32-6-4-5-15(9-32)22(28)36)7-17(33)11-42-47(38,39)46-48(40,41)43-12-18-8-19(35)24(44-18)34-14-31-20-21(27)29-13-30-23(20)34/h4-6,9,13-14,16-19,24,35H,7-8,10-12H2,1-3H3,(H5-,27,28,29,30,36,38,39,40,41)/p+1/t16?,17-,18-,19+,24+/m0/s1. The van der Waals surface area contributed by atoms with Crippen LogP contribution in [0.1, 0.15) is 56.2 Å². The summed E-state index contributed by atoms with van der Waals surface area (Å²) in [4.78, 5) is 58.6. The van der Waals surface area contributed by atoms with Crippen molar-refractivity contribution in [1.82, 2.24) is 24.4 Å². The summed E-state index contributed by atoms with van der Waals surface area (Å²) in [6.07, 6.45) is 2.13. The highest BCUT2D eigenvalue weighted by atomic mass is 31.3. The molecule has 0 bridgehead atoms. The number of phosphoric acid groups is 2. The number of hydrogen-bond donors (Lipinski definition) is 5. The highest BCUT2D eigenvalue weighted by Gasteiger charge is 2.45. The Balaban J connectivity index is 1.19. The zero-order chi connectivity index (χ0) is 35.0. The molecule has 7 atom stereocenters. The molecule has 0 aliphatic carbocycles. The molecule has 48 heavy (non-hydrogen) atoms. The number of hydrogen-bond acceptors (Lipinski definition) is 14. The van der Waals surface area contributed by atoms with E-state index in [2.05, 4.69) is 19.3 Å². The van der Waals surface area contributed by atoms with Crippen molar-refractivity contribution >= 4 is 44.6 Å². The minimum absolute atomic E-state index is 0.0398. The van der Waals surface area contributed by atoms with E-state index in [1.54, 1.807) is 37.6 Å². The number of aliphatic hydroxyl groups is 1. The van der Waals surface area contributed by atoms with Crippen LogP contribution in [0.2, 0.25) is 0 Å². The Hall–Kier alpha value is -3.58. The maximum atomic E-state index is 13.0. The van der Waals surface area contributed by atoms with E-state index in [1.165, 1.54) is 34.4 Å². The zero-order valence-corrected chi connectivity index (χ0v) is 27.9. The van der Waals surface area contributed by atoms with E-state index in [0.29, 0.717) is 11.2 Å². The van der Waals surface area contributed by atoms with Crippen LogP contribution in [-0.2, 0) is 32.0 Å². The van der Waals surface area contributed by atoms with Crippen molar-refractivity contribution in [2.75, 3.05) is 25.5 Å².